The highest BCUT2D eigenvalue weighted by Crippen LogP contribution is 2.09. The normalized spacial score (nSPS) is 9.58. The summed E-state index contributed by atoms with van der Waals surface area (Å²) in [4.78, 5) is 33.9. The fourth-order valence-corrected chi connectivity index (χ4v) is 1.45. The van der Waals surface area contributed by atoms with E-state index in [4.69, 9.17) is 0 Å². The maximum absolute atomic E-state index is 11.6. The smallest absolute Gasteiger partial charge is 0.315 e. The zero-order valence-corrected chi connectivity index (χ0v) is 11.8. The highest BCUT2D eigenvalue weighted by molar-refractivity contribution is 9.10. The lowest BCUT2D eigenvalue weighted by atomic mass is 10.2. The number of rotatable bonds is 4. The van der Waals surface area contributed by atoms with Crippen LogP contribution in [0.1, 0.15) is 23.7 Å². The first-order chi connectivity index (χ1) is 9.02. The van der Waals surface area contributed by atoms with Crippen LogP contribution in [0, 0.1) is 0 Å². The maximum Gasteiger partial charge on any atom is 0.315 e. The zero-order valence-electron chi connectivity index (χ0n) is 10.2. The fraction of sp³-hybridized carbons (Fsp3) is 0.250. The van der Waals surface area contributed by atoms with E-state index >= 15 is 0 Å². The van der Waals surface area contributed by atoms with E-state index < -0.39 is 24.2 Å². The average molecular weight is 329 g/mol. The van der Waals surface area contributed by atoms with E-state index in [9.17, 15) is 14.4 Å². The Balaban J connectivity index is 2.40. The van der Waals surface area contributed by atoms with Crippen LogP contribution in [-0.4, -0.2) is 24.4 Å². The maximum atomic E-state index is 11.6. The van der Waals surface area contributed by atoms with E-state index in [2.05, 4.69) is 31.5 Å². The molecule has 1 aromatic carbocycles. The summed E-state index contributed by atoms with van der Waals surface area (Å²) < 4.78 is 5.44. The van der Waals surface area contributed by atoms with Crippen molar-refractivity contribution in [3.05, 3.63) is 34.3 Å². The topological polar surface area (TPSA) is 84.5 Å². The largest absolute Gasteiger partial charge is 0.466 e. The number of nitrogens with one attached hydrogen (secondary N) is 2. The number of carbonyl (C=O) groups excluding carboxylic acids is 3. The zero-order chi connectivity index (χ0) is 14.3. The summed E-state index contributed by atoms with van der Waals surface area (Å²) in [6.45, 7) is 1.85. The second-order valence-electron chi connectivity index (χ2n) is 3.49. The molecule has 0 aliphatic heterocycles. The van der Waals surface area contributed by atoms with Crippen LogP contribution in [0.5, 0.6) is 0 Å². The van der Waals surface area contributed by atoms with Gasteiger partial charge in [0.1, 0.15) is 6.42 Å². The number of hydrazine groups is 1. The quantitative estimate of drug-likeness (QED) is 0.493. The summed E-state index contributed by atoms with van der Waals surface area (Å²) in [6, 6.07) is 6.60. The van der Waals surface area contributed by atoms with E-state index in [0.717, 1.165) is 4.47 Å². The van der Waals surface area contributed by atoms with Crippen LogP contribution in [0.15, 0.2) is 28.7 Å². The molecular formula is C12H13BrN2O4. The van der Waals surface area contributed by atoms with Crippen molar-refractivity contribution in [2.45, 2.75) is 13.3 Å². The SMILES string of the molecule is CCOC(=O)CC(=O)NNC(=O)c1ccc(Br)cc1. The third kappa shape index (κ3) is 5.52. The Bertz CT molecular complexity index is 473. The van der Waals surface area contributed by atoms with Gasteiger partial charge in [0.15, 0.2) is 0 Å². The number of halogens is 1. The Morgan fingerprint density at radius 1 is 1.16 bits per heavy atom. The molecule has 0 aliphatic carbocycles. The minimum absolute atomic E-state index is 0.206. The molecule has 2 amide bonds. The Morgan fingerprint density at radius 3 is 2.37 bits per heavy atom. The first kappa shape index (κ1) is 15.2. The molecule has 0 atom stereocenters. The predicted molar refractivity (Wildman–Crippen MR) is 71.0 cm³/mol. The summed E-state index contributed by atoms with van der Waals surface area (Å²) in [5.41, 5.74) is 4.73. The average Bonchev–Trinajstić information content (AvgIpc) is 2.37. The monoisotopic (exact) mass is 328 g/mol. The predicted octanol–water partition coefficient (Wildman–Crippen LogP) is 1.16. The third-order valence-corrected chi connectivity index (χ3v) is 2.56. The van der Waals surface area contributed by atoms with Crippen molar-refractivity contribution in [3.8, 4) is 0 Å². The highest BCUT2D eigenvalue weighted by atomic mass is 79.9. The molecule has 7 heteroatoms. The van der Waals surface area contributed by atoms with Gasteiger partial charge in [0.2, 0.25) is 5.91 Å². The molecule has 0 radical (unpaired) electrons. The molecule has 0 unspecified atom stereocenters. The molecule has 0 saturated heterocycles. The summed E-state index contributed by atoms with van der Waals surface area (Å²) in [5.74, 6) is -1.74. The van der Waals surface area contributed by atoms with E-state index in [-0.39, 0.29) is 6.61 Å². The van der Waals surface area contributed by atoms with Crippen LogP contribution in [0.3, 0.4) is 0 Å². The Hall–Kier alpha value is -1.89. The number of esters is 1. The van der Waals surface area contributed by atoms with Gasteiger partial charge in [-0.2, -0.15) is 0 Å². The van der Waals surface area contributed by atoms with Gasteiger partial charge in [0, 0.05) is 10.0 Å². The molecule has 2 N–H and O–H groups in total. The Labute approximate surface area is 118 Å². The van der Waals surface area contributed by atoms with Crippen LogP contribution in [0.2, 0.25) is 0 Å². The minimum Gasteiger partial charge on any atom is -0.466 e. The van der Waals surface area contributed by atoms with Gasteiger partial charge in [-0.05, 0) is 31.2 Å². The molecule has 0 fully saturated rings. The van der Waals surface area contributed by atoms with E-state index in [0.29, 0.717) is 5.56 Å². The van der Waals surface area contributed by atoms with Crippen molar-refractivity contribution in [1.82, 2.24) is 10.9 Å². The lowest BCUT2D eigenvalue weighted by Crippen LogP contribution is -2.42. The lowest BCUT2D eigenvalue weighted by molar-refractivity contribution is -0.146. The molecule has 0 bridgehead atoms. The molecule has 102 valence electrons. The van der Waals surface area contributed by atoms with Crippen molar-refractivity contribution >= 4 is 33.7 Å². The highest BCUT2D eigenvalue weighted by Gasteiger charge is 2.11. The molecule has 1 rings (SSSR count). The van der Waals surface area contributed by atoms with Crippen LogP contribution in [0.4, 0.5) is 0 Å². The van der Waals surface area contributed by atoms with E-state index in [1.807, 2.05) is 0 Å². The van der Waals surface area contributed by atoms with E-state index in [1.54, 1.807) is 31.2 Å². The summed E-state index contributed by atoms with van der Waals surface area (Å²) >= 11 is 3.25. The van der Waals surface area contributed by atoms with Gasteiger partial charge >= 0.3 is 5.97 Å². The minimum atomic E-state index is -0.641. The van der Waals surface area contributed by atoms with Gasteiger partial charge in [0.05, 0.1) is 6.61 Å². The first-order valence-corrected chi connectivity index (χ1v) is 6.32. The summed E-state index contributed by atoms with van der Waals surface area (Å²) in [7, 11) is 0. The number of hydrogen-bond donors (Lipinski definition) is 2. The molecule has 0 heterocycles. The summed E-state index contributed by atoms with van der Waals surface area (Å²) in [5, 5.41) is 0. The third-order valence-electron chi connectivity index (χ3n) is 2.03. The van der Waals surface area contributed by atoms with Gasteiger partial charge in [-0.15, -0.1) is 0 Å². The first-order valence-electron chi connectivity index (χ1n) is 5.53. The second-order valence-corrected chi connectivity index (χ2v) is 4.41. The molecule has 6 nitrogen and oxygen atoms in total. The van der Waals surface area contributed by atoms with Crippen molar-refractivity contribution in [1.29, 1.82) is 0 Å². The van der Waals surface area contributed by atoms with E-state index in [1.165, 1.54) is 0 Å². The van der Waals surface area contributed by atoms with Gasteiger partial charge < -0.3 is 4.74 Å². The van der Waals surface area contributed by atoms with Gasteiger partial charge in [0.25, 0.3) is 5.91 Å². The Morgan fingerprint density at radius 2 is 1.79 bits per heavy atom. The van der Waals surface area contributed by atoms with Crippen LogP contribution in [-0.2, 0) is 14.3 Å². The van der Waals surface area contributed by atoms with Crippen LogP contribution in [0.25, 0.3) is 0 Å². The Kier molecular flexibility index (Phi) is 6.01. The fourth-order valence-electron chi connectivity index (χ4n) is 1.19. The van der Waals surface area contributed by atoms with Crippen molar-refractivity contribution in [2.24, 2.45) is 0 Å². The number of amides is 2. The molecular weight excluding hydrogens is 316 g/mol. The molecule has 1 aromatic rings. The molecule has 0 spiro atoms. The molecule has 19 heavy (non-hydrogen) atoms. The number of ether oxygens (including phenoxy) is 1. The number of carbonyl (C=O) groups is 3. The molecule has 0 aliphatic rings. The van der Waals surface area contributed by atoms with Gasteiger partial charge in [-0.3, -0.25) is 25.2 Å². The van der Waals surface area contributed by atoms with Crippen LogP contribution < -0.4 is 10.9 Å². The van der Waals surface area contributed by atoms with Crippen molar-refractivity contribution in [3.63, 3.8) is 0 Å². The van der Waals surface area contributed by atoms with Crippen molar-refractivity contribution in [2.75, 3.05) is 6.61 Å². The second kappa shape index (κ2) is 7.52. The van der Waals surface area contributed by atoms with Gasteiger partial charge in [-0.25, -0.2) is 0 Å². The molecule has 0 aromatic heterocycles. The van der Waals surface area contributed by atoms with Gasteiger partial charge in [-0.1, -0.05) is 15.9 Å². The standard InChI is InChI=1S/C12H13BrN2O4/c1-2-19-11(17)7-10(16)14-15-12(18)8-3-5-9(13)6-4-8/h3-6H,2,7H2,1H3,(H,14,16)(H,15,18). The number of hydrogen-bond acceptors (Lipinski definition) is 4. The lowest BCUT2D eigenvalue weighted by Gasteiger charge is -2.07. The molecule has 0 saturated carbocycles. The summed E-state index contributed by atoms with van der Waals surface area (Å²) in [6.07, 6.45) is -0.436. The van der Waals surface area contributed by atoms with Crippen LogP contribution >= 0.6 is 15.9 Å². The van der Waals surface area contributed by atoms with Crippen molar-refractivity contribution < 1.29 is 19.1 Å². The number of benzene rings is 1.